The third kappa shape index (κ3) is 4.78. The Bertz CT molecular complexity index is 818. The number of carboxylic acids is 1. The number of rotatable bonds is 7. The van der Waals surface area contributed by atoms with E-state index < -0.39 is 5.97 Å². The Balaban J connectivity index is 1.61. The average molecular weight is 376 g/mol. The van der Waals surface area contributed by atoms with Crippen LogP contribution in [0, 0.1) is 0 Å². The van der Waals surface area contributed by atoms with Crippen molar-refractivity contribution in [3.63, 3.8) is 0 Å². The van der Waals surface area contributed by atoms with Crippen molar-refractivity contribution < 1.29 is 28.6 Å². The molecule has 0 spiro atoms. The molecular formula is C19H24N2O6. The van der Waals surface area contributed by atoms with Gasteiger partial charge in [-0.2, -0.15) is 0 Å². The molecule has 1 amide bonds. The number of ether oxygens (including phenoxy) is 2. The number of carbonyl (C=O) groups excluding carboxylic acids is 1. The maximum absolute atomic E-state index is 12.7. The lowest BCUT2D eigenvalue weighted by Gasteiger charge is -2.34. The van der Waals surface area contributed by atoms with Gasteiger partial charge in [0, 0.05) is 36.7 Å². The molecule has 0 saturated carbocycles. The van der Waals surface area contributed by atoms with Gasteiger partial charge >= 0.3 is 5.97 Å². The highest BCUT2D eigenvalue weighted by atomic mass is 16.5. The third-order valence-corrected chi connectivity index (χ3v) is 4.62. The van der Waals surface area contributed by atoms with Crippen molar-refractivity contribution in [1.82, 2.24) is 9.80 Å². The molecule has 1 saturated heterocycles. The van der Waals surface area contributed by atoms with Gasteiger partial charge in [-0.15, -0.1) is 0 Å². The van der Waals surface area contributed by atoms with E-state index >= 15 is 0 Å². The maximum Gasteiger partial charge on any atom is 0.317 e. The van der Waals surface area contributed by atoms with Crippen LogP contribution in [0.5, 0.6) is 5.75 Å². The lowest BCUT2D eigenvalue weighted by molar-refractivity contribution is -0.142. The van der Waals surface area contributed by atoms with Gasteiger partial charge in [0.25, 0.3) is 0 Å². The molecule has 8 heteroatoms. The predicted molar refractivity (Wildman–Crippen MR) is 97.9 cm³/mol. The molecule has 27 heavy (non-hydrogen) atoms. The van der Waals surface area contributed by atoms with Gasteiger partial charge in [-0.25, -0.2) is 0 Å². The molecule has 2 heterocycles. The van der Waals surface area contributed by atoms with E-state index in [0.717, 1.165) is 10.9 Å². The van der Waals surface area contributed by atoms with E-state index in [1.165, 1.54) is 0 Å². The lowest BCUT2D eigenvalue weighted by atomic mass is 10.1. The monoisotopic (exact) mass is 376 g/mol. The van der Waals surface area contributed by atoms with Crippen molar-refractivity contribution in [3.05, 3.63) is 30.0 Å². The first-order valence-corrected chi connectivity index (χ1v) is 8.80. The van der Waals surface area contributed by atoms with Crippen molar-refractivity contribution in [3.8, 4) is 5.75 Å². The second-order valence-electron chi connectivity index (χ2n) is 6.72. The Morgan fingerprint density at radius 2 is 2.22 bits per heavy atom. The highest BCUT2D eigenvalue weighted by Gasteiger charge is 2.26. The molecular weight excluding hydrogens is 352 g/mol. The Morgan fingerprint density at radius 3 is 2.96 bits per heavy atom. The Kier molecular flexibility index (Phi) is 5.98. The van der Waals surface area contributed by atoms with Crippen LogP contribution in [-0.4, -0.2) is 79.8 Å². The van der Waals surface area contributed by atoms with Crippen LogP contribution in [0.2, 0.25) is 0 Å². The molecule has 146 valence electrons. The first kappa shape index (κ1) is 19.2. The van der Waals surface area contributed by atoms with Gasteiger partial charge in [0.05, 0.1) is 39.0 Å². The molecule has 0 aliphatic carbocycles. The Hall–Kier alpha value is -2.58. The van der Waals surface area contributed by atoms with E-state index in [1.54, 1.807) is 36.3 Å². The van der Waals surface area contributed by atoms with E-state index in [-0.39, 0.29) is 25.0 Å². The first-order chi connectivity index (χ1) is 13.0. The normalized spacial score (nSPS) is 17.4. The zero-order valence-corrected chi connectivity index (χ0v) is 15.5. The van der Waals surface area contributed by atoms with Crippen molar-refractivity contribution >= 4 is 22.8 Å². The number of likely N-dealkylation sites (N-methyl/N-ethyl adjacent to an activating group) is 1. The molecule has 1 aliphatic heterocycles. The molecule has 0 radical (unpaired) electrons. The fraction of sp³-hybridized carbons (Fsp3) is 0.474. The van der Waals surface area contributed by atoms with Gasteiger partial charge in [-0.1, -0.05) is 0 Å². The summed E-state index contributed by atoms with van der Waals surface area (Å²) < 4.78 is 16.4. The van der Waals surface area contributed by atoms with Gasteiger partial charge in [-0.05, 0) is 19.2 Å². The standard InChI is InChI=1S/C19H24N2O6/c1-20(11-19(23)24)9-15-10-21(5-6-26-15)18(22)7-13-12-27-17-8-14(25-2)3-4-16(13)17/h3-4,8,12,15H,5-7,9-11H2,1-2H3,(H,23,24). The number of fused-ring (bicyclic) bond motifs is 1. The number of hydrogen-bond donors (Lipinski definition) is 1. The minimum absolute atomic E-state index is 0.00251. The average Bonchev–Trinajstić information content (AvgIpc) is 3.03. The highest BCUT2D eigenvalue weighted by molar-refractivity contribution is 5.88. The van der Waals surface area contributed by atoms with Gasteiger partial charge in [-0.3, -0.25) is 14.5 Å². The lowest BCUT2D eigenvalue weighted by Crippen LogP contribution is -2.50. The van der Waals surface area contributed by atoms with E-state index in [0.29, 0.717) is 37.6 Å². The molecule has 1 aromatic heterocycles. The number of furan rings is 1. The minimum atomic E-state index is -0.885. The minimum Gasteiger partial charge on any atom is -0.497 e. The summed E-state index contributed by atoms with van der Waals surface area (Å²) in [4.78, 5) is 27.0. The van der Waals surface area contributed by atoms with Gasteiger partial charge < -0.3 is 23.9 Å². The van der Waals surface area contributed by atoms with Crippen LogP contribution < -0.4 is 4.74 Å². The second kappa shape index (κ2) is 8.41. The first-order valence-electron chi connectivity index (χ1n) is 8.80. The van der Waals surface area contributed by atoms with Crippen LogP contribution in [0.1, 0.15) is 5.56 Å². The number of hydrogen-bond acceptors (Lipinski definition) is 6. The summed E-state index contributed by atoms with van der Waals surface area (Å²) in [6.07, 6.45) is 1.66. The number of carboxylic acid groups (broad SMARTS) is 1. The maximum atomic E-state index is 12.7. The van der Waals surface area contributed by atoms with E-state index in [4.69, 9.17) is 19.0 Å². The van der Waals surface area contributed by atoms with E-state index in [1.807, 2.05) is 12.1 Å². The molecule has 1 N–H and O–H groups in total. The number of morpholine rings is 1. The molecule has 8 nitrogen and oxygen atoms in total. The fourth-order valence-electron chi connectivity index (χ4n) is 3.30. The summed E-state index contributed by atoms with van der Waals surface area (Å²) in [6, 6.07) is 5.53. The Morgan fingerprint density at radius 1 is 1.41 bits per heavy atom. The molecule has 2 aromatic rings. The number of aliphatic carboxylic acids is 1. The van der Waals surface area contributed by atoms with E-state index in [9.17, 15) is 9.59 Å². The summed E-state index contributed by atoms with van der Waals surface area (Å²) in [5.41, 5.74) is 1.52. The van der Waals surface area contributed by atoms with E-state index in [2.05, 4.69) is 0 Å². The summed E-state index contributed by atoms with van der Waals surface area (Å²) in [7, 11) is 3.32. The quantitative estimate of drug-likeness (QED) is 0.777. The van der Waals surface area contributed by atoms with Gasteiger partial charge in [0.2, 0.25) is 5.91 Å². The second-order valence-corrected chi connectivity index (χ2v) is 6.72. The molecule has 0 bridgehead atoms. The zero-order valence-electron chi connectivity index (χ0n) is 15.5. The summed E-state index contributed by atoms with van der Waals surface area (Å²) >= 11 is 0. The number of amides is 1. The van der Waals surface area contributed by atoms with Crippen LogP contribution in [0.15, 0.2) is 28.9 Å². The number of methoxy groups -OCH3 is 1. The molecule has 1 atom stereocenters. The molecule has 1 aromatic carbocycles. The molecule has 1 unspecified atom stereocenters. The Labute approximate surface area is 157 Å². The van der Waals surface area contributed by atoms with Crippen molar-refractivity contribution in [2.24, 2.45) is 0 Å². The van der Waals surface area contributed by atoms with Crippen LogP contribution in [-0.2, 0) is 20.7 Å². The van der Waals surface area contributed by atoms with Crippen LogP contribution in [0.25, 0.3) is 11.0 Å². The van der Waals surface area contributed by atoms with Gasteiger partial charge in [0.15, 0.2) is 0 Å². The zero-order chi connectivity index (χ0) is 19.4. The fourth-order valence-corrected chi connectivity index (χ4v) is 3.30. The predicted octanol–water partition coefficient (Wildman–Crippen LogP) is 1.23. The summed E-state index contributed by atoms with van der Waals surface area (Å²) in [5.74, 6) is -0.177. The van der Waals surface area contributed by atoms with Crippen LogP contribution >= 0.6 is 0 Å². The van der Waals surface area contributed by atoms with Crippen molar-refractivity contribution in [2.75, 3.05) is 46.9 Å². The number of carbonyl (C=O) groups is 2. The molecule has 3 rings (SSSR count). The number of nitrogens with zero attached hydrogens (tertiary/aromatic N) is 2. The number of benzene rings is 1. The smallest absolute Gasteiger partial charge is 0.317 e. The topological polar surface area (TPSA) is 92.5 Å². The molecule has 1 aliphatic rings. The van der Waals surface area contributed by atoms with Crippen LogP contribution in [0.4, 0.5) is 0 Å². The van der Waals surface area contributed by atoms with Crippen molar-refractivity contribution in [1.29, 1.82) is 0 Å². The summed E-state index contributed by atoms with van der Waals surface area (Å²) in [5, 5.41) is 9.75. The third-order valence-electron chi connectivity index (χ3n) is 4.62. The molecule has 1 fully saturated rings. The summed E-state index contributed by atoms with van der Waals surface area (Å²) in [6.45, 7) is 1.83. The van der Waals surface area contributed by atoms with Gasteiger partial charge in [0.1, 0.15) is 11.3 Å². The highest BCUT2D eigenvalue weighted by Crippen LogP contribution is 2.26. The van der Waals surface area contributed by atoms with Crippen LogP contribution in [0.3, 0.4) is 0 Å². The SMILES string of the molecule is COc1ccc2c(CC(=O)N3CCOC(CN(C)CC(=O)O)C3)coc2c1. The van der Waals surface area contributed by atoms with Crippen molar-refractivity contribution in [2.45, 2.75) is 12.5 Å². The largest absolute Gasteiger partial charge is 0.497 e.